The highest BCUT2D eigenvalue weighted by molar-refractivity contribution is 5.76. The van der Waals surface area contributed by atoms with Gasteiger partial charge in [0.2, 0.25) is 0 Å². The van der Waals surface area contributed by atoms with Crippen LogP contribution in [0.1, 0.15) is 31.3 Å². The van der Waals surface area contributed by atoms with Crippen LogP contribution in [0.2, 0.25) is 0 Å². The van der Waals surface area contributed by atoms with Crippen molar-refractivity contribution in [1.82, 2.24) is 19.7 Å². The molecule has 2 rings (SSSR count). The molecule has 0 unspecified atom stereocenters. The summed E-state index contributed by atoms with van der Waals surface area (Å²) in [6.07, 6.45) is 1.79. The number of nitrogens with zero attached hydrogens (tertiary/aromatic N) is 4. The quantitative estimate of drug-likeness (QED) is 0.688. The van der Waals surface area contributed by atoms with Crippen LogP contribution in [-0.2, 0) is 7.05 Å². The maximum atomic E-state index is 4.46. The topological polar surface area (TPSA) is 43.6 Å². The fourth-order valence-electron chi connectivity index (χ4n) is 1.63. The lowest BCUT2D eigenvalue weighted by Crippen LogP contribution is -2.02. The van der Waals surface area contributed by atoms with Crippen molar-refractivity contribution in [1.29, 1.82) is 0 Å². The molecule has 2 aromatic rings. The Morgan fingerprint density at radius 1 is 1.29 bits per heavy atom. The third-order valence-electron chi connectivity index (χ3n) is 2.27. The van der Waals surface area contributed by atoms with E-state index in [1.54, 1.807) is 6.20 Å². The summed E-state index contributed by atoms with van der Waals surface area (Å²) in [7, 11) is 1.92. The molecule has 4 heteroatoms. The third-order valence-corrected chi connectivity index (χ3v) is 2.27. The van der Waals surface area contributed by atoms with Crippen LogP contribution in [-0.4, -0.2) is 19.7 Å². The first-order chi connectivity index (χ1) is 6.59. The molecular formula is C10H14N4. The number of hydrogen-bond donors (Lipinski definition) is 0. The van der Waals surface area contributed by atoms with Gasteiger partial charge in [0, 0.05) is 7.05 Å². The van der Waals surface area contributed by atoms with Gasteiger partial charge in [-0.1, -0.05) is 13.8 Å². The van der Waals surface area contributed by atoms with E-state index in [9.17, 15) is 0 Å². The molecule has 0 amide bonds. The van der Waals surface area contributed by atoms with E-state index < -0.39 is 0 Å². The van der Waals surface area contributed by atoms with Gasteiger partial charge in [0.15, 0.2) is 0 Å². The van der Waals surface area contributed by atoms with Crippen molar-refractivity contribution in [3.05, 3.63) is 17.7 Å². The lowest BCUT2D eigenvalue weighted by atomic mass is 10.1. The number of aryl methyl sites for hydroxylation is 2. The summed E-state index contributed by atoms with van der Waals surface area (Å²) in [6, 6.07) is 0. The molecule has 0 spiro atoms. The summed E-state index contributed by atoms with van der Waals surface area (Å²) in [5.41, 5.74) is 3.06. The maximum Gasteiger partial charge on any atom is 0.126 e. The van der Waals surface area contributed by atoms with Crippen molar-refractivity contribution in [2.45, 2.75) is 26.7 Å². The van der Waals surface area contributed by atoms with Gasteiger partial charge in [0.25, 0.3) is 0 Å². The van der Waals surface area contributed by atoms with Crippen LogP contribution in [0.3, 0.4) is 0 Å². The van der Waals surface area contributed by atoms with Gasteiger partial charge in [0.1, 0.15) is 16.9 Å². The highest BCUT2D eigenvalue weighted by Gasteiger charge is 2.12. The molecule has 0 atom stereocenters. The molecule has 0 aliphatic heterocycles. The van der Waals surface area contributed by atoms with Crippen molar-refractivity contribution in [3.63, 3.8) is 0 Å². The molecular weight excluding hydrogens is 176 g/mol. The van der Waals surface area contributed by atoms with Gasteiger partial charge in [-0.2, -0.15) is 5.10 Å². The van der Waals surface area contributed by atoms with Crippen molar-refractivity contribution in [3.8, 4) is 0 Å². The Morgan fingerprint density at radius 2 is 2.00 bits per heavy atom. The number of aromatic nitrogens is 4. The van der Waals surface area contributed by atoms with Gasteiger partial charge in [-0.05, 0) is 12.8 Å². The molecule has 2 aromatic heterocycles. The molecule has 0 radical (unpaired) electrons. The van der Waals surface area contributed by atoms with E-state index in [2.05, 4.69) is 28.9 Å². The fourth-order valence-corrected chi connectivity index (χ4v) is 1.63. The van der Waals surface area contributed by atoms with Crippen LogP contribution >= 0.6 is 0 Å². The fraction of sp³-hybridized carbons (Fsp3) is 0.500. The van der Waals surface area contributed by atoms with Crippen molar-refractivity contribution in [2.75, 3.05) is 0 Å². The normalized spacial score (nSPS) is 11.5. The molecule has 0 aliphatic rings. The first kappa shape index (κ1) is 9.12. The SMILES string of the molecule is Cc1nc(C(C)C)c2c(cnn2C)n1. The minimum Gasteiger partial charge on any atom is -0.264 e. The summed E-state index contributed by atoms with van der Waals surface area (Å²) in [4.78, 5) is 8.81. The molecule has 74 valence electrons. The highest BCUT2D eigenvalue weighted by Crippen LogP contribution is 2.21. The summed E-state index contributed by atoms with van der Waals surface area (Å²) in [6.45, 7) is 6.18. The molecule has 0 N–H and O–H groups in total. The average molecular weight is 190 g/mol. The Hall–Kier alpha value is -1.45. The molecule has 2 heterocycles. The molecule has 0 fully saturated rings. The van der Waals surface area contributed by atoms with Crippen LogP contribution in [0.5, 0.6) is 0 Å². The lowest BCUT2D eigenvalue weighted by molar-refractivity contribution is 0.761. The second-order valence-electron chi connectivity index (χ2n) is 3.81. The lowest BCUT2D eigenvalue weighted by Gasteiger charge is -2.07. The Morgan fingerprint density at radius 3 is 2.64 bits per heavy atom. The highest BCUT2D eigenvalue weighted by atomic mass is 15.3. The van der Waals surface area contributed by atoms with Gasteiger partial charge in [0.05, 0.1) is 11.9 Å². The monoisotopic (exact) mass is 190 g/mol. The van der Waals surface area contributed by atoms with E-state index in [0.717, 1.165) is 22.6 Å². The Kier molecular flexibility index (Phi) is 1.98. The summed E-state index contributed by atoms with van der Waals surface area (Å²) in [5.74, 6) is 1.21. The molecule has 14 heavy (non-hydrogen) atoms. The van der Waals surface area contributed by atoms with Crippen LogP contribution in [0, 0.1) is 6.92 Å². The Bertz CT molecular complexity index is 470. The molecule has 0 aromatic carbocycles. The molecule has 0 bridgehead atoms. The van der Waals surface area contributed by atoms with Gasteiger partial charge < -0.3 is 0 Å². The predicted molar refractivity (Wildman–Crippen MR) is 55.1 cm³/mol. The standard InChI is InChI=1S/C10H14N4/c1-6(2)9-10-8(5-11-14(10)4)12-7(3)13-9/h5-6H,1-4H3. The maximum absolute atomic E-state index is 4.46. The van der Waals surface area contributed by atoms with E-state index in [4.69, 9.17) is 0 Å². The van der Waals surface area contributed by atoms with Gasteiger partial charge in [-0.15, -0.1) is 0 Å². The van der Waals surface area contributed by atoms with Crippen LogP contribution in [0.25, 0.3) is 11.0 Å². The van der Waals surface area contributed by atoms with E-state index in [1.165, 1.54) is 0 Å². The van der Waals surface area contributed by atoms with Crippen molar-refractivity contribution in [2.24, 2.45) is 7.05 Å². The van der Waals surface area contributed by atoms with E-state index in [1.807, 2.05) is 18.7 Å². The Balaban J connectivity index is 2.83. The van der Waals surface area contributed by atoms with Gasteiger partial charge in [-0.3, -0.25) is 4.68 Å². The molecule has 0 saturated heterocycles. The molecule has 0 aliphatic carbocycles. The van der Waals surface area contributed by atoms with Gasteiger partial charge >= 0.3 is 0 Å². The first-order valence-electron chi connectivity index (χ1n) is 4.76. The van der Waals surface area contributed by atoms with Crippen LogP contribution in [0.4, 0.5) is 0 Å². The first-order valence-corrected chi connectivity index (χ1v) is 4.76. The Labute approximate surface area is 83.0 Å². The molecule has 4 nitrogen and oxygen atoms in total. The van der Waals surface area contributed by atoms with Gasteiger partial charge in [-0.25, -0.2) is 9.97 Å². The number of fused-ring (bicyclic) bond motifs is 1. The van der Waals surface area contributed by atoms with Crippen LogP contribution < -0.4 is 0 Å². The van der Waals surface area contributed by atoms with E-state index in [0.29, 0.717) is 5.92 Å². The van der Waals surface area contributed by atoms with Crippen LogP contribution in [0.15, 0.2) is 6.20 Å². The second kappa shape index (κ2) is 3.04. The van der Waals surface area contributed by atoms with Crippen molar-refractivity contribution < 1.29 is 0 Å². The van der Waals surface area contributed by atoms with Crippen molar-refractivity contribution >= 4 is 11.0 Å². The third kappa shape index (κ3) is 1.27. The number of rotatable bonds is 1. The second-order valence-corrected chi connectivity index (χ2v) is 3.81. The zero-order valence-corrected chi connectivity index (χ0v) is 8.94. The predicted octanol–water partition coefficient (Wildman–Crippen LogP) is 1.80. The smallest absolute Gasteiger partial charge is 0.126 e. The largest absolute Gasteiger partial charge is 0.264 e. The summed E-state index contributed by atoms with van der Waals surface area (Å²) < 4.78 is 1.84. The zero-order valence-electron chi connectivity index (χ0n) is 8.94. The zero-order chi connectivity index (χ0) is 10.3. The minimum absolute atomic E-state index is 0.398. The average Bonchev–Trinajstić information content (AvgIpc) is 2.46. The minimum atomic E-state index is 0.398. The number of hydrogen-bond acceptors (Lipinski definition) is 3. The summed E-state index contributed by atoms with van der Waals surface area (Å²) in [5, 5.41) is 4.19. The van der Waals surface area contributed by atoms with E-state index in [-0.39, 0.29) is 0 Å². The summed E-state index contributed by atoms with van der Waals surface area (Å²) >= 11 is 0. The molecule has 0 saturated carbocycles. The van der Waals surface area contributed by atoms with E-state index >= 15 is 0 Å².